The molecule has 26 heavy (non-hydrogen) atoms. The molecule has 0 aliphatic carbocycles. The van der Waals surface area contributed by atoms with Crippen molar-refractivity contribution < 1.29 is 13.5 Å². The number of rotatable bonds is 4. The number of thiophene rings is 1. The second-order valence-electron chi connectivity index (χ2n) is 6.68. The van der Waals surface area contributed by atoms with Crippen LogP contribution >= 0.6 is 11.3 Å². The largest absolute Gasteiger partial charge is 0.396 e. The molecule has 1 saturated heterocycles. The number of aromatic nitrogens is 3. The van der Waals surface area contributed by atoms with Gasteiger partial charge >= 0.3 is 0 Å². The molecule has 1 fully saturated rings. The molecule has 0 radical (unpaired) electrons. The average molecular weight is 393 g/mol. The first-order valence-corrected chi connectivity index (χ1v) is 10.7. The smallest absolute Gasteiger partial charge is 0.244 e. The molecule has 3 aromatic rings. The van der Waals surface area contributed by atoms with Crippen molar-refractivity contribution in [2.45, 2.75) is 17.7 Å². The third-order valence-electron chi connectivity index (χ3n) is 5.09. The minimum absolute atomic E-state index is 0.0119. The van der Waals surface area contributed by atoms with Gasteiger partial charge in [-0.2, -0.15) is 20.7 Å². The fraction of sp³-hybridized carbons (Fsp3) is 0.412. The van der Waals surface area contributed by atoms with Gasteiger partial charge in [-0.15, -0.1) is 0 Å². The lowest BCUT2D eigenvalue weighted by molar-refractivity contribution is 0.223. The number of fused-ring (bicyclic) bond motifs is 1. The van der Waals surface area contributed by atoms with Crippen molar-refractivity contribution in [3.8, 4) is 0 Å². The summed E-state index contributed by atoms with van der Waals surface area (Å²) in [5.74, 6) is -0.0889. The van der Waals surface area contributed by atoms with E-state index in [0.717, 1.165) is 16.6 Å². The lowest BCUT2D eigenvalue weighted by atomic mass is 9.92. The lowest BCUT2D eigenvalue weighted by Gasteiger charge is -2.16. The molecule has 0 spiro atoms. The van der Waals surface area contributed by atoms with Gasteiger partial charge in [0.2, 0.25) is 10.0 Å². The van der Waals surface area contributed by atoms with Crippen LogP contribution in [0.25, 0.3) is 11.0 Å². The minimum Gasteiger partial charge on any atom is -0.396 e. The van der Waals surface area contributed by atoms with Crippen LogP contribution in [0.3, 0.4) is 0 Å². The summed E-state index contributed by atoms with van der Waals surface area (Å²) < 4.78 is 29.4. The molecular formula is C17H20N4O3S2. The van der Waals surface area contributed by atoms with Gasteiger partial charge in [-0.25, -0.2) is 13.4 Å². The highest BCUT2D eigenvalue weighted by molar-refractivity contribution is 7.89. The number of hydrogen-bond donors (Lipinski definition) is 1. The van der Waals surface area contributed by atoms with Crippen LogP contribution in [0, 0.1) is 12.8 Å². The van der Waals surface area contributed by atoms with Gasteiger partial charge in [0.25, 0.3) is 0 Å². The predicted molar refractivity (Wildman–Crippen MR) is 99.6 cm³/mol. The average Bonchev–Trinajstić information content (AvgIpc) is 3.34. The molecule has 2 atom stereocenters. The first-order valence-electron chi connectivity index (χ1n) is 8.34. The summed E-state index contributed by atoms with van der Waals surface area (Å²) in [7, 11) is -1.89. The second kappa shape index (κ2) is 6.41. The lowest BCUT2D eigenvalue weighted by Crippen LogP contribution is -2.29. The maximum absolute atomic E-state index is 13.2. The van der Waals surface area contributed by atoms with Gasteiger partial charge in [0.05, 0.1) is 5.69 Å². The van der Waals surface area contributed by atoms with Gasteiger partial charge in [0, 0.05) is 50.2 Å². The van der Waals surface area contributed by atoms with E-state index in [1.807, 2.05) is 23.8 Å². The molecule has 1 aliphatic rings. The van der Waals surface area contributed by atoms with E-state index >= 15 is 0 Å². The predicted octanol–water partition coefficient (Wildman–Crippen LogP) is 1.73. The van der Waals surface area contributed by atoms with Crippen molar-refractivity contribution in [2.24, 2.45) is 13.0 Å². The number of aliphatic hydroxyl groups is 1. The van der Waals surface area contributed by atoms with Crippen LogP contribution < -0.4 is 0 Å². The van der Waals surface area contributed by atoms with Crippen molar-refractivity contribution in [3.63, 3.8) is 0 Å². The molecule has 0 amide bonds. The molecule has 7 nitrogen and oxygen atoms in total. The first kappa shape index (κ1) is 17.6. The zero-order chi connectivity index (χ0) is 18.5. The zero-order valence-corrected chi connectivity index (χ0v) is 16.2. The molecular weight excluding hydrogens is 372 g/mol. The normalized spacial score (nSPS) is 21.7. The van der Waals surface area contributed by atoms with E-state index < -0.39 is 10.0 Å². The van der Waals surface area contributed by atoms with Crippen molar-refractivity contribution >= 4 is 32.4 Å². The van der Waals surface area contributed by atoms with Crippen LogP contribution in [0.1, 0.15) is 17.2 Å². The van der Waals surface area contributed by atoms with Crippen LogP contribution in [0.5, 0.6) is 0 Å². The Hall–Kier alpha value is -1.81. The highest BCUT2D eigenvalue weighted by Gasteiger charge is 2.40. The van der Waals surface area contributed by atoms with Crippen LogP contribution in [0.2, 0.25) is 0 Å². The van der Waals surface area contributed by atoms with Crippen molar-refractivity contribution in [2.75, 3.05) is 19.7 Å². The van der Waals surface area contributed by atoms with E-state index in [-0.39, 0.29) is 23.3 Å². The Morgan fingerprint density at radius 3 is 2.88 bits per heavy atom. The molecule has 138 valence electrons. The molecule has 9 heteroatoms. The fourth-order valence-corrected chi connectivity index (χ4v) is 5.88. The number of nitrogens with zero attached hydrogens (tertiary/aromatic N) is 4. The Kier molecular flexibility index (Phi) is 4.34. The summed E-state index contributed by atoms with van der Waals surface area (Å²) in [6, 6.07) is 3.65. The van der Waals surface area contributed by atoms with Crippen LogP contribution in [0.4, 0.5) is 0 Å². The van der Waals surface area contributed by atoms with E-state index in [2.05, 4.69) is 10.1 Å². The van der Waals surface area contributed by atoms with Gasteiger partial charge in [-0.05, 0) is 35.4 Å². The topological polar surface area (TPSA) is 88.3 Å². The Morgan fingerprint density at radius 1 is 1.38 bits per heavy atom. The third kappa shape index (κ3) is 2.75. The molecule has 1 N–H and O–H groups in total. The number of sulfonamides is 1. The van der Waals surface area contributed by atoms with Gasteiger partial charge in [0.15, 0.2) is 5.65 Å². The van der Waals surface area contributed by atoms with Crippen LogP contribution in [-0.4, -0.2) is 52.3 Å². The number of aliphatic hydroxyl groups excluding tert-OH is 1. The Bertz CT molecular complexity index is 1040. The van der Waals surface area contributed by atoms with Crippen molar-refractivity contribution in [1.29, 1.82) is 0 Å². The number of aryl methyl sites for hydroxylation is 2. The molecule has 4 rings (SSSR count). The van der Waals surface area contributed by atoms with Crippen molar-refractivity contribution in [1.82, 2.24) is 19.1 Å². The fourth-order valence-electron chi connectivity index (χ4n) is 3.66. The summed E-state index contributed by atoms with van der Waals surface area (Å²) in [6.07, 6.45) is 1.39. The van der Waals surface area contributed by atoms with Crippen LogP contribution in [-0.2, 0) is 17.1 Å². The Morgan fingerprint density at radius 2 is 2.19 bits per heavy atom. The summed E-state index contributed by atoms with van der Waals surface area (Å²) in [5, 5.41) is 18.8. The molecule has 0 aromatic carbocycles. The maximum Gasteiger partial charge on any atom is 0.244 e. The van der Waals surface area contributed by atoms with E-state index in [0.29, 0.717) is 18.7 Å². The van der Waals surface area contributed by atoms with Gasteiger partial charge in [-0.3, -0.25) is 4.68 Å². The first-order chi connectivity index (χ1) is 12.4. The monoisotopic (exact) mass is 392 g/mol. The van der Waals surface area contributed by atoms with E-state index in [1.165, 1.54) is 10.5 Å². The molecule has 3 aromatic heterocycles. The van der Waals surface area contributed by atoms with Crippen LogP contribution in [0.15, 0.2) is 34.0 Å². The van der Waals surface area contributed by atoms with E-state index in [4.69, 9.17) is 0 Å². The SMILES string of the molecule is Cc1nn(C)c2ncc(S(=O)(=O)N3C[C@@H](CO)[C@@H](c4ccsc4)C3)cc12. The van der Waals surface area contributed by atoms with E-state index in [9.17, 15) is 13.5 Å². The molecule has 0 bridgehead atoms. The quantitative estimate of drug-likeness (QED) is 0.731. The minimum atomic E-state index is -3.68. The highest BCUT2D eigenvalue weighted by atomic mass is 32.2. The van der Waals surface area contributed by atoms with Gasteiger partial charge < -0.3 is 5.11 Å². The van der Waals surface area contributed by atoms with Gasteiger partial charge in [-0.1, -0.05) is 0 Å². The summed E-state index contributed by atoms with van der Waals surface area (Å²) in [4.78, 5) is 4.46. The standard InChI is InChI=1S/C17H20N4O3S2/c1-11-15-5-14(6-18-17(15)20(2)19-11)26(23,24)21-7-13(9-22)16(8-21)12-3-4-25-10-12/h3-6,10,13,16,22H,7-9H2,1-2H3/t13-,16+/m0/s1. The van der Waals surface area contributed by atoms with Crippen molar-refractivity contribution in [3.05, 3.63) is 40.3 Å². The number of hydrogen-bond acceptors (Lipinski definition) is 6. The second-order valence-corrected chi connectivity index (χ2v) is 9.40. The Labute approximate surface area is 156 Å². The third-order valence-corrected chi connectivity index (χ3v) is 7.59. The Balaban J connectivity index is 1.69. The highest BCUT2D eigenvalue weighted by Crippen LogP contribution is 2.36. The molecule has 4 heterocycles. The van der Waals surface area contributed by atoms with E-state index in [1.54, 1.807) is 29.1 Å². The maximum atomic E-state index is 13.2. The number of pyridine rings is 1. The summed E-state index contributed by atoms with van der Waals surface area (Å²) in [5.41, 5.74) is 2.49. The molecule has 0 unspecified atom stereocenters. The summed E-state index contributed by atoms with van der Waals surface area (Å²) >= 11 is 1.58. The summed E-state index contributed by atoms with van der Waals surface area (Å²) in [6.45, 7) is 2.48. The molecule has 1 aliphatic heterocycles. The zero-order valence-electron chi connectivity index (χ0n) is 14.5. The van der Waals surface area contributed by atoms with Gasteiger partial charge in [0.1, 0.15) is 4.90 Å². The molecule has 0 saturated carbocycles.